The van der Waals surface area contributed by atoms with Crippen molar-refractivity contribution >= 4 is 68.5 Å². The topological polar surface area (TPSA) is 128 Å². The molecule has 0 radical (unpaired) electrons. The van der Waals surface area contributed by atoms with E-state index in [4.69, 9.17) is 9.97 Å². The molecule has 2 atom stereocenters. The maximum absolute atomic E-state index is 14.0. The number of benzene rings is 4. The van der Waals surface area contributed by atoms with Crippen LogP contribution >= 0.6 is 23.5 Å². The number of nitrogens with one attached hydrogen (secondary N) is 2. The molecule has 10 nitrogen and oxygen atoms in total. The zero-order valence-corrected chi connectivity index (χ0v) is 33.2. The van der Waals surface area contributed by atoms with Crippen molar-refractivity contribution in [1.82, 2.24) is 19.1 Å². The molecule has 2 N–H and O–H groups in total. The van der Waals surface area contributed by atoms with Gasteiger partial charge in [0.15, 0.2) is 10.3 Å². The van der Waals surface area contributed by atoms with Crippen molar-refractivity contribution in [1.29, 1.82) is 0 Å². The third-order valence-electron chi connectivity index (χ3n) is 9.50. The molecule has 6 rings (SSSR count). The molecular weight excluding hydrogens is 729 g/mol. The predicted octanol–water partition coefficient (Wildman–Crippen LogP) is 8.34. The smallest absolute Gasteiger partial charge is 0.262 e. The summed E-state index contributed by atoms with van der Waals surface area (Å²) in [6.45, 7) is 8.52. The summed E-state index contributed by atoms with van der Waals surface area (Å²) in [5, 5.41) is 6.83. The van der Waals surface area contributed by atoms with Crippen LogP contribution in [-0.2, 0) is 35.5 Å². The first-order valence-electron chi connectivity index (χ1n) is 18.8. The van der Waals surface area contributed by atoms with Crippen molar-refractivity contribution in [2.24, 2.45) is 0 Å². The van der Waals surface area contributed by atoms with Gasteiger partial charge in [-0.05, 0) is 91.8 Å². The number of hydrogen-bond acceptors (Lipinski definition) is 8. The molecule has 55 heavy (non-hydrogen) atoms. The van der Waals surface area contributed by atoms with Crippen molar-refractivity contribution in [3.8, 4) is 0 Å². The summed E-state index contributed by atoms with van der Waals surface area (Å²) in [5.41, 5.74) is 4.45. The number of amides is 2. The predicted molar refractivity (Wildman–Crippen MR) is 225 cm³/mol. The van der Waals surface area contributed by atoms with Crippen LogP contribution in [0.15, 0.2) is 117 Å². The largest absolute Gasteiger partial charge is 0.325 e. The van der Waals surface area contributed by atoms with E-state index in [9.17, 15) is 19.2 Å². The number of thioether (sulfide) groups is 2. The first-order chi connectivity index (χ1) is 26.7. The third kappa shape index (κ3) is 9.37. The fourth-order valence-corrected chi connectivity index (χ4v) is 8.33. The molecule has 0 aliphatic rings. The van der Waals surface area contributed by atoms with Crippen molar-refractivity contribution in [3.63, 3.8) is 0 Å². The lowest BCUT2D eigenvalue weighted by atomic mass is 10.1. The fraction of sp³-hybridized carbons (Fsp3) is 0.302. The van der Waals surface area contributed by atoms with Gasteiger partial charge < -0.3 is 10.6 Å². The first-order valence-corrected chi connectivity index (χ1v) is 20.6. The van der Waals surface area contributed by atoms with Gasteiger partial charge in [-0.2, -0.15) is 0 Å². The summed E-state index contributed by atoms with van der Waals surface area (Å²) in [4.78, 5) is 64.8. The van der Waals surface area contributed by atoms with E-state index in [2.05, 4.69) is 24.5 Å². The normalized spacial score (nSPS) is 12.4. The molecule has 0 fully saturated rings. The Balaban J connectivity index is 1.26. The number of fused-ring (bicyclic) bond motifs is 2. The number of carbonyl (C=O) groups is 2. The van der Waals surface area contributed by atoms with Crippen LogP contribution in [0.1, 0.15) is 58.1 Å². The highest BCUT2D eigenvalue weighted by Crippen LogP contribution is 2.28. The second-order valence-corrected chi connectivity index (χ2v) is 15.5. The SMILES string of the molecule is CCc1ccc(NC(=O)C(CC)Sc2nc3ccccc3c(=O)n2CCCn2c(SC(CC)C(=O)Nc3ccc(CC)cc3)nc3ccccc3c2=O)cc1. The van der Waals surface area contributed by atoms with Gasteiger partial charge in [0.05, 0.1) is 32.3 Å². The number of carbonyl (C=O) groups excluding carboxylic acids is 2. The van der Waals surface area contributed by atoms with Crippen LogP contribution in [0.3, 0.4) is 0 Å². The molecule has 2 amide bonds. The molecule has 2 unspecified atom stereocenters. The van der Waals surface area contributed by atoms with Crippen LogP contribution in [0.4, 0.5) is 11.4 Å². The molecule has 0 saturated heterocycles. The quantitative estimate of drug-likeness (QED) is 0.0743. The van der Waals surface area contributed by atoms with Crippen molar-refractivity contribution in [2.75, 3.05) is 10.6 Å². The van der Waals surface area contributed by atoms with Gasteiger partial charge in [-0.15, -0.1) is 0 Å². The number of aryl methyl sites for hydroxylation is 2. The molecule has 0 saturated carbocycles. The zero-order valence-electron chi connectivity index (χ0n) is 31.6. The molecule has 0 spiro atoms. The minimum Gasteiger partial charge on any atom is -0.325 e. The molecule has 0 bridgehead atoms. The molecule has 2 aromatic heterocycles. The molecule has 4 aromatic carbocycles. The number of nitrogens with zero attached hydrogens (tertiary/aromatic N) is 4. The van der Waals surface area contributed by atoms with E-state index in [-0.39, 0.29) is 36.0 Å². The van der Waals surface area contributed by atoms with E-state index in [0.717, 1.165) is 12.8 Å². The highest BCUT2D eigenvalue weighted by atomic mass is 32.2. The van der Waals surface area contributed by atoms with E-state index in [1.807, 2.05) is 74.5 Å². The van der Waals surface area contributed by atoms with Gasteiger partial charge in [-0.3, -0.25) is 28.3 Å². The van der Waals surface area contributed by atoms with Gasteiger partial charge in [0.25, 0.3) is 11.1 Å². The number of hydrogen-bond donors (Lipinski definition) is 2. The molecular formula is C43H46N6O4S2. The molecule has 12 heteroatoms. The number of anilines is 2. The summed E-state index contributed by atoms with van der Waals surface area (Å²) < 4.78 is 3.22. The lowest BCUT2D eigenvalue weighted by Gasteiger charge is -2.20. The van der Waals surface area contributed by atoms with E-state index in [0.29, 0.717) is 62.8 Å². The van der Waals surface area contributed by atoms with Gasteiger partial charge in [-0.25, -0.2) is 9.97 Å². The highest BCUT2D eigenvalue weighted by molar-refractivity contribution is 8.00. The lowest BCUT2D eigenvalue weighted by Crippen LogP contribution is -2.30. The Morgan fingerprint density at radius 1 is 0.582 bits per heavy atom. The van der Waals surface area contributed by atoms with Gasteiger partial charge in [0.2, 0.25) is 11.8 Å². The summed E-state index contributed by atoms with van der Waals surface area (Å²) in [6, 6.07) is 29.9. The first kappa shape index (κ1) is 39.5. The Hall–Kier alpha value is -5.20. The van der Waals surface area contributed by atoms with Gasteiger partial charge in [0.1, 0.15) is 0 Å². The Morgan fingerprint density at radius 3 is 1.33 bits per heavy atom. The van der Waals surface area contributed by atoms with Crippen LogP contribution < -0.4 is 21.8 Å². The molecule has 2 heterocycles. The average molecular weight is 775 g/mol. The van der Waals surface area contributed by atoms with Gasteiger partial charge in [-0.1, -0.05) is 99.7 Å². The molecule has 0 aliphatic heterocycles. The minimum absolute atomic E-state index is 0.173. The molecule has 6 aromatic rings. The van der Waals surface area contributed by atoms with Crippen LogP contribution in [0.2, 0.25) is 0 Å². The Morgan fingerprint density at radius 2 is 0.964 bits per heavy atom. The molecule has 284 valence electrons. The van der Waals surface area contributed by atoms with Crippen LogP contribution in [0.25, 0.3) is 21.8 Å². The van der Waals surface area contributed by atoms with Crippen molar-refractivity contribution in [2.45, 2.75) is 93.7 Å². The Bertz CT molecular complexity index is 2240. The lowest BCUT2D eigenvalue weighted by molar-refractivity contribution is -0.116. The average Bonchev–Trinajstić information content (AvgIpc) is 3.21. The fourth-order valence-electron chi connectivity index (χ4n) is 6.25. The Labute approximate surface area is 329 Å². The maximum atomic E-state index is 14.0. The van der Waals surface area contributed by atoms with Gasteiger partial charge >= 0.3 is 0 Å². The van der Waals surface area contributed by atoms with E-state index >= 15 is 0 Å². The summed E-state index contributed by atoms with van der Waals surface area (Å²) in [7, 11) is 0. The third-order valence-corrected chi connectivity index (χ3v) is 12.2. The van der Waals surface area contributed by atoms with Crippen LogP contribution in [0, 0.1) is 0 Å². The number of para-hydroxylation sites is 2. The standard InChI is InChI=1S/C43H46N6O4S2/c1-5-28-18-22-30(23-19-28)44-38(50)36(7-3)54-42-46-34-16-11-9-14-32(34)40(52)48(42)26-13-27-49-41(53)33-15-10-12-17-35(33)47-43(49)55-37(8-4)39(51)45-31-24-20-29(6-2)21-25-31/h9-12,14-25,36-37H,5-8,13,26-27H2,1-4H3,(H,44,50)(H,45,51). The van der Waals surface area contributed by atoms with E-state index in [1.54, 1.807) is 45.5 Å². The van der Waals surface area contributed by atoms with E-state index < -0.39 is 10.5 Å². The summed E-state index contributed by atoms with van der Waals surface area (Å²) in [5.74, 6) is -0.345. The second-order valence-electron chi connectivity index (χ2n) is 13.2. The second kappa shape index (κ2) is 18.4. The summed E-state index contributed by atoms with van der Waals surface area (Å²) in [6.07, 6.45) is 3.23. The van der Waals surface area contributed by atoms with Gasteiger partial charge in [0, 0.05) is 24.5 Å². The maximum Gasteiger partial charge on any atom is 0.262 e. The monoisotopic (exact) mass is 774 g/mol. The highest BCUT2D eigenvalue weighted by Gasteiger charge is 2.24. The van der Waals surface area contributed by atoms with E-state index in [1.165, 1.54) is 34.7 Å². The Kier molecular flexibility index (Phi) is 13.2. The number of aromatic nitrogens is 4. The van der Waals surface area contributed by atoms with Crippen molar-refractivity contribution < 1.29 is 9.59 Å². The minimum atomic E-state index is -0.512. The van der Waals surface area contributed by atoms with Crippen molar-refractivity contribution in [3.05, 3.63) is 129 Å². The van der Waals surface area contributed by atoms with Crippen LogP contribution in [-0.4, -0.2) is 41.4 Å². The van der Waals surface area contributed by atoms with Crippen LogP contribution in [0.5, 0.6) is 0 Å². The summed E-state index contributed by atoms with van der Waals surface area (Å²) >= 11 is 2.52. The number of rotatable bonds is 16. The molecule has 0 aliphatic carbocycles. The zero-order chi connectivity index (χ0) is 38.9.